The van der Waals surface area contributed by atoms with Gasteiger partial charge in [-0.2, -0.15) is 0 Å². The molecule has 1 saturated carbocycles. The van der Waals surface area contributed by atoms with Crippen molar-refractivity contribution in [1.82, 2.24) is 0 Å². The number of methoxy groups -OCH3 is 1. The number of carbonyl (C=O) groups excluding carboxylic acids is 1. The van der Waals surface area contributed by atoms with Crippen LogP contribution in [0.2, 0.25) is 0 Å². The minimum Gasteiger partial charge on any atom is -0.381 e. The van der Waals surface area contributed by atoms with Gasteiger partial charge < -0.3 is 4.74 Å². The van der Waals surface area contributed by atoms with Crippen LogP contribution in [0, 0.1) is 12.3 Å². The zero-order valence-corrected chi connectivity index (χ0v) is 15.3. The van der Waals surface area contributed by atoms with Gasteiger partial charge in [0, 0.05) is 18.1 Å². The van der Waals surface area contributed by atoms with Gasteiger partial charge in [0.05, 0.1) is 6.10 Å². The second kappa shape index (κ2) is 8.10. The zero-order chi connectivity index (χ0) is 16.9. The fourth-order valence-corrected chi connectivity index (χ4v) is 3.66. The molecule has 0 amide bonds. The average molecular weight is 316 g/mol. The Labute approximate surface area is 141 Å². The van der Waals surface area contributed by atoms with Crippen molar-refractivity contribution in [1.29, 1.82) is 0 Å². The number of carbonyl (C=O) groups is 1. The minimum atomic E-state index is -0.220. The van der Waals surface area contributed by atoms with Crippen LogP contribution in [0.4, 0.5) is 0 Å². The Hall–Kier alpha value is -1.15. The predicted molar refractivity (Wildman–Crippen MR) is 96.1 cm³/mol. The first kappa shape index (κ1) is 18.2. The van der Waals surface area contributed by atoms with Crippen molar-refractivity contribution < 1.29 is 9.53 Å². The highest BCUT2D eigenvalue weighted by molar-refractivity contribution is 6.01. The van der Waals surface area contributed by atoms with Gasteiger partial charge in [0.2, 0.25) is 0 Å². The highest BCUT2D eigenvalue weighted by Gasteiger charge is 2.38. The molecule has 2 heteroatoms. The Balaban J connectivity index is 2.13. The van der Waals surface area contributed by atoms with E-state index in [9.17, 15) is 4.79 Å². The molecule has 1 aliphatic rings. The van der Waals surface area contributed by atoms with Crippen LogP contribution < -0.4 is 0 Å². The molecule has 1 fully saturated rings. The van der Waals surface area contributed by atoms with Crippen LogP contribution >= 0.6 is 0 Å². The van der Waals surface area contributed by atoms with Crippen LogP contribution in [0.1, 0.15) is 80.3 Å². The molecule has 23 heavy (non-hydrogen) atoms. The van der Waals surface area contributed by atoms with E-state index in [1.165, 1.54) is 24.8 Å². The summed E-state index contributed by atoms with van der Waals surface area (Å²) in [5.41, 5.74) is 3.14. The lowest BCUT2D eigenvalue weighted by Gasteiger charge is -2.36. The van der Waals surface area contributed by atoms with Gasteiger partial charge in [0.1, 0.15) is 0 Å². The molecule has 0 bridgehead atoms. The van der Waals surface area contributed by atoms with Gasteiger partial charge in [0.15, 0.2) is 5.78 Å². The van der Waals surface area contributed by atoms with E-state index in [0.717, 1.165) is 43.2 Å². The largest absolute Gasteiger partial charge is 0.381 e. The van der Waals surface area contributed by atoms with E-state index in [2.05, 4.69) is 39.0 Å². The Morgan fingerprint density at radius 1 is 1.26 bits per heavy atom. The molecule has 0 heterocycles. The van der Waals surface area contributed by atoms with Crippen molar-refractivity contribution in [3.63, 3.8) is 0 Å². The molecule has 1 aliphatic carbocycles. The normalized spacial score (nSPS) is 24.6. The van der Waals surface area contributed by atoms with E-state index < -0.39 is 0 Å². The van der Waals surface area contributed by atoms with Gasteiger partial charge >= 0.3 is 0 Å². The maximum Gasteiger partial charge on any atom is 0.169 e. The Bertz CT molecular complexity index is 525. The zero-order valence-electron chi connectivity index (χ0n) is 15.3. The monoisotopic (exact) mass is 316 g/mol. The fraction of sp³-hybridized carbons (Fsp3) is 0.667. The molecule has 0 atom stereocenters. The van der Waals surface area contributed by atoms with Crippen molar-refractivity contribution in [3.05, 3.63) is 34.9 Å². The molecule has 1 aromatic rings. The molecule has 0 spiro atoms. The molecule has 0 N–H and O–H groups in total. The van der Waals surface area contributed by atoms with Crippen LogP contribution in [0.3, 0.4) is 0 Å². The summed E-state index contributed by atoms with van der Waals surface area (Å²) in [5, 5.41) is 0. The van der Waals surface area contributed by atoms with Crippen LogP contribution in [0.5, 0.6) is 0 Å². The van der Waals surface area contributed by atoms with Gasteiger partial charge in [-0.15, -0.1) is 0 Å². The van der Waals surface area contributed by atoms with Crippen molar-refractivity contribution >= 4 is 5.78 Å². The molecule has 1 aromatic carbocycles. The fourth-order valence-electron chi connectivity index (χ4n) is 3.66. The highest BCUT2D eigenvalue weighted by atomic mass is 16.5. The molecule has 0 radical (unpaired) electrons. The van der Waals surface area contributed by atoms with Crippen LogP contribution in [0.25, 0.3) is 0 Å². The topological polar surface area (TPSA) is 26.3 Å². The summed E-state index contributed by atoms with van der Waals surface area (Å²) in [6.07, 6.45) is 8.97. The first-order chi connectivity index (χ1) is 11.0. The van der Waals surface area contributed by atoms with E-state index in [1.54, 1.807) is 7.11 Å². The summed E-state index contributed by atoms with van der Waals surface area (Å²) in [4.78, 5) is 13.2. The second-order valence-corrected chi connectivity index (χ2v) is 7.43. The van der Waals surface area contributed by atoms with E-state index in [4.69, 9.17) is 4.74 Å². The van der Waals surface area contributed by atoms with Crippen molar-refractivity contribution in [2.24, 2.45) is 5.41 Å². The number of Topliss-reactive ketones (excluding diaryl/α,β-unsaturated/α-hetero) is 1. The first-order valence-electron chi connectivity index (χ1n) is 9.17. The third-order valence-electron chi connectivity index (χ3n) is 5.53. The van der Waals surface area contributed by atoms with Crippen molar-refractivity contribution in [2.45, 2.75) is 78.2 Å². The molecule has 0 aliphatic heterocycles. The van der Waals surface area contributed by atoms with E-state index in [1.807, 2.05) is 0 Å². The Morgan fingerprint density at radius 2 is 1.96 bits per heavy atom. The molecule has 0 unspecified atom stereocenters. The number of benzene rings is 1. The first-order valence-corrected chi connectivity index (χ1v) is 9.17. The molecule has 2 nitrogen and oxygen atoms in total. The maximum absolute atomic E-state index is 13.2. The smallest absolute Gasteiger partial charge is 0.169 e. The lowest BCUT2D eigenvalue weighted by atomic mass is 9.69. The van der Waals surface area contributed by atoms with E-state index in [-0.39, 0.29) is 5.41 Å². The SMILES string of the molecule is CCCCCc1ccc(C)c(C(=O)[C@]2(C)CC[C@@H](OC)CC2)c1. The number of ketones is 1. The molecule has 0 saturated heterocycles. The molecule has 2 rings (SSSR count). The van der Waals surface area contributed by atoms with Gasteiger partial charge in [0.25, 0.3) is 0 Å². The Kier molecular flexibility index (Phi) is 6.41. The molecule has 128 valence electrons. The highest BCUT2D eigenvalue weighted by Crippen LogP contribution is 2.40. The third-order valence-corrected chi connectivity index (χ3v) is 5.53. The summed E-state index contributed by atoms with van der Waals surface area (Å²) in [6.45, 7) is 6.43. The summed E-state index contributed by atoms with van der Waals surface area (Å²) in [5.74, 6) is 0.335. The predicted octanol–water partition coefficient (Wildman–Crippen LogP) is 5.51. The summed E-state index contributed by atoms with van der Waals surface area (Å²) < 4.78 is 5.46. The maximum atomic E-state index is 13.2. The van der Waals surface area contributed by atoms with E-state index >= 15 is 0 Å². The molecular weight excluding hydrogens is 284 g/mol. The lowest BCUT2D eigenvalue weighted by Crippen LogP contribution is -2.35. The van der Waals surface area contributed by atoms with E-state index in [0.29, 0.717) is 11.9 Å². The van der Waals surface area contributed by atoms with Crippen LogP contribution in [0.15, 0.2) is 18.2 Å². The van der Waals surface area contributed by atoms with Gasteiger partial charge in [-0.05, 0) is 62.6 Å². The average Bonchev–Trinajstić information content (AvgIpc) is 2.56. The summed E-state index contributed by atoms with van der Waals surface area (Å²) in [6, 6.07) is 6.46. The molecule has 0 aromatic heterocycles. The number of hydrogen-bond acceptors (Lipinski definition) is 2. The van der Waals surface area contributed by atoms with Crippen molar-refractivity contribution in [2.75, 3.05) is 7.11 Å². The quantitative estimate of drug-likeness (QED) is 0.490. The number of hydrogen-bond donors (Lipinski definition) is 0. The summed E-state index contributed by atoms with van der Waals surface area (Å²) >= 11 is 0. The number of unbranched alkanes of at least 4 members (excludes halogenated alkanes) is 2. The minimum absolute atomic E-state index is 0.220. The lowest BCUT2D eigenvalue weighted by molar-refractivity contribution is 0.0306. The second-order valence-electron chi connectivity index (χ2n) is 7.43. The standard InChI is InChI=1S/C21H32O2/c1-5-6-7-8-17-10-9-16(2)19(15-17)20(22)21(3)13-11-18(23-4)12-14-21/h9-10,15,18H,5-8,11-14H2,1-4H3/t18-,21-. The Morgan fingerprint density at radius 3 is 2.57 bits per heavy atom. The van der Waals surface area contributed by atoms with Gasteiger partial charge in [-0.3, -0.25) is 4.79 Å². The van der Waals surface area contributed by atoms with Gasteiger partial charge in [-0.1, -0.05) is 38.8 Å². The van der Waals surface area contributed by atoms with Crippen LogP contribution in [-0.2, 0) is 11.2 Å². The van der Waals surface area contributed by atoms with Gasteiger partial charge in [-0.25, -0.2) is 0 Å². The number of rotatable bonds is 7. The van der Waals surface area contributed by atoms with Crippen LogP contribution in [-0.4, -0.2) is 19.0 Å². The number of aryl methyl sites for hydroxylation is 2. The van der Waals surface area contributed by atoms with Crippen molar-refractivity contribution in [3.8, 4) is 0 Å². The summed E-state index contributed by atoms with van der Waals surface area (Å²) in [7, 11) is 1.78. The number of ether oxygens (including phenoxy) is 1. The third kappa shape index (κ3) is 4.44. The molecular formula is C21H32O2.